The maximum Gasteiger partial charge on any atom is 0.266 e. The third kappa shape index (κ3) is 4.38. The first-order valence-electron chi connectivity index (χ1n) is 11.9. The van der Waals surface area contributed by atoms with E-state index in [-0.39, 0.29) is 23.5 Å². The van der Waals surface area contributed by atoms with Crippen LogP contribution in [-0.2, 0) is 13.6 Å². The lowest BCUT2D eigenvalue weighted by Gasteiger charge is -2.25. The van der Waals surface area contributed by atoms with E-state index in [2.05, 4.69) is 21.1 Å². The van der Waals surface area contributed by atoms with Gasteiger partial charge in [0.05, 0.1) is 29.3 Å². The summed E-state index contributed by atoms with van der Waals surface area (Å²) in [6.45, 7) is 2.83. The third-order valence-electron chi connectivity index (χ3n) is 6.09. The number of anilines is 2. The fourth-order valence-electron chi connectivity index (χ4n) is 4.46. The Balaban J connectivity index is 1.75. The van der Waals surface area contributed by atoms with Gasteiger partial charge in [-0.15, -0.1) is 0 Å². The van der Waals surface area contributed by atoms with Crippen molar-refractivity contribution in [2.75, 3.05) is 17.2 Å². The van der Waals surface area contributed by atoms with Gasteiger partial charge in [0.2, 0.25) is 0 Å². The number of nitriles is 1. The molecule has 10 nitrogen and oxygen atoms in total. The normalized spacial score (nSPS) is 10.9. The van der Waals surface area contributed by atoms with Crippen LogP contribution in [-0.4, -0.2) is 35.8 Å². The molecule has 10 heteroatoms. The maximum absolute atomic E-state index is 14.2. The lowest BCUT2D eigenvalue weighted by molar-refractivity contribution is 0.700. The van der Waals surface area contributed by atoms with Gasteiger partial charge in [-0.25, -0.2) is 15.0 Å². The van der Waals surface area contributed by atoms with Gasteiger partial charge < -0.3 is 10.6 Å². The average Bonchev–Trinajstić information content (AvgIpc) is 3.34. The van der Waals surface area contributed by atoms with Crippen LogP contribution in [0.25, 0.3) is 27.7 Å². The van der Waals surface area contributed by atoms with E-state index in [0.717, 1.165) is 17.5 Å². The van der Waals surface area contributed by atoms with E-state index in [1.54, 1.807) is 15.4 Å². The highest BCUT2D eigenvalue weighted by Gasteiger charge is 2.21. The zero-order valence-electron chi connectivity index (χ0n) is 20.5. The monoisotopic (exact) mass is 491 g/mol. The first kappa shape index (κ1) is 23.7. The first-order chi connectivity index (χ1) is 18.0. The van der Waals surface area contributed by atoms with Crippen LogP contribution in [0.1, 0.15) is 24.7 Å². The highest BCUT2D eigenvalue weighted by molar-refractivity contribution is 5.94. The summed E-state index contributed by atoms with van der Waals surface area (Å²) in [6.07, 6.45) is 5.73. The summed E-state index contributed by atoms with van der Waals surface area (Å²) in [7, 11) is 1.84. The standard InChI is InChI=1S/C27H25N9O/c1-3-12-35(26-21(13-28)25(29)30-17-31-26)16-23-33-22-11-7-10-20(18-14-32-34(2)15-18)24(22)27(37)36(23)19-8-5-4-6-9-19/h4-11,14-15,17H,3,12,16H2,1-2H3,(H2,29,30,31). The largest absolute Gasteiger partial charge is 0.382 e. The van der Waals surface area contributed by atoms with E-state index in [1.807, 2.05) is 73.6 Å². The van der Waals surface area contributed by atoms with Gasteiger partial charge >= 0.3 is 0 Å². The molecule has 0 amide bonds. The van der Waals surface area contributed by atoms with Crippen molar-refractivity contribution in [2.45, 2.75) is 19.9 Å². The molecule has 0 saturated heterocycles. The number of benzene rings is 2. The molecule has 0 fully saturated rings. The molecule has 37 heavy (non-hydrogen) atoms. The zero-order chi connectivity index (χ0) is 25.9. The molecule has 0 aliphatic rings. The average molecular weight is 492 g/mol. The Labute approximate surface area is 213 Å². The van der Waals surface area contributed by atoms with Crippen molar-refractivity contribution in [1.29, 1.82) is 5.26 Å². The molecule has 2 N–H and O–H groups in total. The van der Waals surface area contributed by atoms with E-state index in [1.165, 1.54) is 6.33 Å². The summed E-state index contributed by atoms with van der Waals surface area (Å²) in [5, 5.41) is 14.5. The molecule has 3 aromatic heterocycles. The van der Waals surface area contributed by atoms with Gasteiger partial charge in [-0.2, -0.15) is 10.4 Å². The third-order valence-corrected chi connectivity index (χ3v) is 6.09. The highest BCUT2D eigenvalue weighted by Crippen LogP contribution is 2.27. The molecule has 2 aromatic carbocycles. The van der Waals surface area contributed by atoms with Crippen LogP contribution in [0.5, 0.6) is 0 Å². The number of nitrogens with two attached hydrogens (primary N) is 1. The van der Waals surface area contributed by atoms with Gasteiger partial charge in [0.1, 0.15) is 29.6 Å². The number of nitrogens with zero attached hydrogens (tertiary/aromatic N) is 8. The first-order valence-corrected chi connectivity index (χ1v) is 11.9. The molecule has 0 radical (unpaired) electrons. The summed E-state index contributed by atoms with van der Waals surface area (Å²) in [5.74, 6) is 1.04. The fraction of sp³-hybridized carbons (Fsp3) is 0.185. The van der Waals surface area contributed by atoms with Crippen molar-refractivity contribution >= 4 is 22.5 Å². The number of para-hydroxylation sites is 1. The van der Waals surface area contributed by atoms with E-state index < -0.39 is 0 Å². The summed E-state index contributed by atoms with van der Waals surface area (Å²) in [4.78, 5) is 29.4. The van der Waals surface area contributed by atoms with Crippen LogP contribution in [0.2, 0.25) is 0 Å². The van der Waals surface area contributed by atoms with E-state index in [9.17, 15) is 10.1 Å². The Hall–Kier alpha value is -5.04. The molecule has 5 rings (SSSR count). The second-order valence-corrected chi connectivity index (χ2v) is 8.60. The number of aromatic nitrogens is 6. The van der Waals surface area contributed by atoms with Gasteiger partial charge in [-0.1, -0.05) is 37.3 Å². The van der Waals surface area contributed by atoms with Crippen molar-refractivity contribution in [2.24, 2.45) is 7.05 Å². The Morgan fingerprint density at radius 1 is 1.11 bits per heavy atom. The molecule has 5 aromatic rings. The molecule has 0 atom stereocenters. The molecule has 0 aliphatic heterocycles. The number of hydrogen-bond acceptors (Lipinski definition) is 8. The summed E-state index contributed by atoms with van der Waals surface area (Å²) < 4.78 is 3.33. The smallest absolute Gasteiger partial charge is 0.266 e. The Morgan fingerprint density at radius 3 is 2.62 bits per heavy atom. The molecule has 184 valence electrons. The summed E-state index contributed by atoms with van der Waals surface area (Å²) in [5.41, 5.74) is 8.85. The van der Waals surface area contributed by atoms with Gasteiger partial charge in [-0.05, 0) is 30.2 Å². The molecule has 0 spiro atoms. The van der Waals surface area contributed by atoms with Crippen LogP contribution < -0.4 is 16.2 Å². The van der Waals surface area contributed by atoms with Crippen LogP contribution >= 0.6 is 0 Å². The van der Waals surface area contributed by atoms with Gasteiger partial charge in [-0.3, -0.25) is 14.0 Å². The van der Waals surface area contributed by atoms with Crippen LogP contribution in [0.4, 0.5) is 11.6 Å². The van der Waals surface area contributed by atoms with E-state index in [4.69, 9.17) is 10.7 Å². The lowest BCUT2D eigenvalue weighted by atomic mass is 10.0. The molecule has 0 bridgehead atoms. The molecule has 0 saturated carbocycles. The second-order valence-electron chi connectivity index (χ2n) is 8.60. The van der Waals surface area contributed by atoms with Gasteiger partial charge in [0, 0.05) is 25.4 Å². The minimum atomic E-state index is -0.190. The minimum Gasteiger partial charge on any atom is -0.382 e. The van der Waals surface area contributed by atoms with Gasteiger partial charge in [0.25, 0.3) is 5.56 Å². The molecule has 3 heterocycles. The van der Waals surface area contributed by atoms with Gasteiger partial charge in [0.15, 0.2) is 5.82 Å². The van der Waals surface area contributed by atoms with E-state index >= 15 is 0 Å². The molecule has 0 unspecified atom stereocenters. The van der Waals surface area contributed by atoms with Crippen molar-refractivity contribution in [3.8, 4) is 22.9 Å². The van der Waals surface area contributed by atoms with Crippen molar-refractivity contribution in [1.82, 2.24) is 29.3 Å². The topological polar surface area (TPSA) is 132 Å². The highest BCUT2D eigenvalue weighted by atomic mass is 16.1. The number of aryl methyl sites for hydroxylation is 1. The Morgan fingerprint density at radius 2 is 1.92 bits per heavy atom. The maximum atomic E-state index is 14.2. The van der Waals surface area contributed by atoms with Crippen LogP contribution in [0, 0.1) is 11.3 Å². The van der Waals surface area contributed by atoms with Crippen molar-refractivity contribution < 1.29 is 0 Å². The van der Waals surface area contributed by atoms with Crippen molar-refractivity contribution in [3.05, 3.63) is 89.0 Å². The molecular weight excluding hydrogens is 466 g/mol. The minimum absolute atomic E-state index is 0.113. The quantitative estimate of drug-likeness (QED) is 0.366. The Bertz CT molecular complexity index is 1680. The van der Waals surface area contributed by atoms with E-state index in [0.29, 0.717) is 34.8 Å². The number of rotatable bonds is 7. The fourth-order valence-corrected chi connectivity index (χ4v) is 4.46. The predicted octanol–water partition coefficient (Wildman–Crippen LogP) is 3.45. The zero-order valence-corrected chi connectivity index (χ0v) is 20.5. The predicted molar refractivity (Wildman–Crippen MR) is 142 cm³/mol. The molecular formula is C27H25N9O. The molecule has 0 aliphatic carbocycles. The second kappa shape index (κ2) is 9.91. The SMILES string of the molecule is CCCN(Cc1nc2cccc(-c3cnn(C)c3)c2c(=O)n1-c1ccccc1)c1ncnc(N)c1C#N. The summed E-state index contributed by atoms with van der Waals surface area (Å²) >= 11 is 0. The summed E-state index contributed by atoms with van der Waals surface area (Å²) in [6, 6.07) is 17.2. The van der Waals surface area contributed by atoms with Crippen molar-refractivity contribution in [3.63, 3.8) is 0 Å². The Kier molecular flexibility index (Phi) is 6.34. The van der Waals surface area contributed by atoms with Crippen LogP contribution in [0.15, 0.2) is 72.0 Å². The lowest BCUT2D eigenvalue weighted by Crippen LogP contribution is -2.32. The number of hydrogen-bond donors (Lipinski definition) is 1. The van der Waals surface area contributed by atoms with Crippen LogP contribution in [0.3, 0.4) is 0 Å². The number of fused-ring (bicyclic) bond motifs is 1. The number of nitrogen functional groups attached to an aromatic ring is 1.